The molecule has 1 saturated heterocycles. The maximum atomic E-state index is 12.8. The van der Waals surface area contributed by atoms with E-state index in [4.69, 9.17) is 4.74 Å². The number of nitrogens with zero attached hydrogens (tertiary/aromatic N) is 1. The summed E-state index contributed by atoms with van der Waals surface area (Å²) in [4.78, 5) is 12.8. The Balaban J connectivity index is 2.23. The first-order valence-electron chi connectivity index (χ1n) is 7.90. The summed E-state index contributed by atoms with van der Waals surface area (Å²) in [6, 6.07) is 9.54. The topological polar surface area (TPSA) is 41.6 Å². The lowest BCUT2D eigenvalue weighted by atomic mass is 9.86. The Labute approximate surface area is 133 Å². The van der Waals surface area contributed by atoms with Gasteiger partial charge < -0.3 is 4.74 Å². The number of carbonyl (C=O) groups is 1. The van der Waals surface area contributed by atoms with Crippen molar-refractivity contribution in [2.24, 2.45) is 5.41 Å². The van der Waals surface area contributed by atoms with Crippen molar-refractivity contribution in [3.8, 4) is 0 Å². The summed E-state index contributed by atoms with van der Waals surface area (Å²) >= 11 is 0. The van der Waals surface area contributed by atoms with Gasteiger partial charge in [-0.1, -0.05) is 39.0 Å². The number of ether oxygens (including phenoxy) is 1. The second-order valence-electron chi connectivity index (χ2n) is 8.01. The van der Waals surface area contributed by atoms with Crippen LogP contribution < -0.4 is 5.43 Å². The predicted octanol–water partition coefficient (Wildman–Crippen LogP) is 3.59. The SMILES string of the molecule is CC(C)(C)O[C@@H]1C[C@@H](C(C)(C)C)NN1C(=O)c1ccccc1. The molecular weight excluding hydrogens is 276 g/mol. The van der Waals surface area contributed by atoms with Crippen LogP contribution in [0.25, 0.3) is 0 Å². The van der Waals surface area contributed by atoms with Crippen molar-refractivity contribution in [2.75, 3.05) is 0 Å². The van der Waals surface area contributed by atoms with E-state index in [1.54, 1.807) is 5.01 Å². The van der Waals surface area contributed by atoms with Crippen LogP contribution in [-0.2, 0) is 4.74 Å². The van der Waals surface area contributed by atoms with Crippen LogP contribution in [-0.4, -0.2) is 28.8 Å². The molecule has 2 rings (SSSR count). The molecule has 1 fully saturated rings. The van der Waals surface area contributed by atoms with Gasteiger partial charge in [-0.25, -0.2) is 10.4 Å². The fourth-order valence-electron chi connectivity index (χ4n) is 2.58. The highest BCUT2D eigenvalue weighted by molar-refractivity contribution is 5.94. The molecular formula is C18H28N2O2. The van der Waals surface area contributed by atoms with Crippen molar-refractivity contribution in [2.45, 2.75) is 65.8 Å². The van der Waals surface area contributed by atoms with Gasteiger partial charge in [-0.3, -0.25) is 4.79 Å². The third-order valence-corrected chi connectivity index (χ3v) is 3.79. The molecule has 4 heteroatoms. The Hall–Kier alpha value is -1.39. The third-order valence-electron chi connectivity index (χ3n) is 3.79. The number of benzene rings is 1. The molecule has 1 amide bonds. The summed E-state index contributed by atoms with van der Waals surface area (Å²) in [5, 5.41) is 1.66. The fraction of sp³-hybridized carbons (Fsp3) is 0.611. The van der Waals surface area contributed by atoms with Crippen LogP contribution in [0, 0.1) is 5.41 Å². The maximum absolute atomic E-state index is 12.8. The minimum atomic E-state index is -0.297. The van der Waals surface area contributed by atoms with Gasteiger partial charge in [0.25, 0.3) is 5.91 Å². The normalized spacial score (nSPS) is 22.9. The van der Waals surface area contributed by atoms with Gasteiger partial charge in [0.2, 0.25) is 0 Å². The van der Waals surface area contributed by atoms with Crippen LogP contribution in [0.4, 0.5) is 0 Å². The molecule has 2 atom stereocenters. The summed E-state index contributed by atoms with van der Waals surface area (Å²) in [7, 11) is 0. The number of carbonyl (C=O) groups excluding carboxylic acids is 1. The van der Waals surface area contributed by atoms with Crippen molar-refractivity contribution in [3.63, 3.8) is 0 Å². The van der Waals surface area contributed by atoms with Crippen molar-refractivity contribution < 1.29 is 9.53 Å². The highest BCUT2D eigenvalue weighted by Gasteiger charge is 2.42. The molecule has 1 N–H and O–H groups in total. The average molecular weight is 304 g/mol. The van der Waals surface area contributed by atoms with Crippen LogP contribution in [0.1, 0.15) is 58.3 Å². The first-order valence-corrected chi connectivity index (χ1v) is 7.90. The van der Waals surface area contributed by atoms with Crippen molar-refractivity contribution in [3.05, 3.63) is 35.9 Å². The minimum absolute atomic E-state index is 0.0402. The minimum Gasteiger partial charge on any atom is -0.351 e. The number of hydrogen-bond donors (Lipinski definition) is 1. The van der Waals surface area contributed by atoms with Crippen LogP contribution in [0.15, 0.2) is 30.3 Å². The molecule has 0 spiro atoms. The molecule has 1 aliphatic heterocycles. The second kappa shape index (κ2) is 6.01. The van der Waals surface area contributed by atoms with Crippen molar-refractivity contribution in [1.29, 1.82) is 0 Å². The van der Waals surface area contributed by atoms with E-state index in [1.165, 1.54) is 0 Å². The van der Waals surface area contributed by atoms with E-state index in [-0.39, 0.29) is 29.2 Å². The molecule has 0 radical (unpaired) electrons. The molecule has 1 heterocycles. The highest BCUT2D eigenvalue weighted by Crippen LogP contribution is 2.32. The van der Waals surface area contributed by atoms with E-state index < -0.39 is 0 Å². The molecule has 1 aromatic carbocycles. The molecule has 22 heavy (non-hydrogen) atoms. The number of amides is 1. The summed E-state index contributed by atoms with van der Waals surface area (Å²) < 4.78 is 6.12. The van der Waals surface area contributed by atoms with E-state index in [2.05, 4.69) is 26.2 Å². The number of hydrazine groups is 1. The first kappa shape index (κ1) is 17.0. The Bertz CT molecular complexity index is 514. The molecule has 1 aliphatic rings. The van der Waals surface area contributed by atoms with E-state index in [0.29, 0.717) is 5.56 Å². The van der Waals surface area contributed by atoms with Gasteiger partial charge >= 0.3 is 0 Å². The molecule has 0 bridgehead atoms. The fourth-order valence-corrected chi connectivity index (χ4v) is 2.58. The van der Waals surface area contributed by atoms with Gasteiger partial charge in [0, 0.05) is 18.0 Å². The lowest BCUT2D eigenvalue weighted by molar-refractivity contribution is -0.112. The standard InChI is InChI=1S/C18H28N2O2/c1-17(2,3)14-12-15(22-18(4,5)6)20(19-14)16(21)13-10-8-7-9-11-13/h7-11,14-15,19H,12H2,1-6H3/t14-,15+/m0/s1. The molecule has 0 aromatic heterocycles. The van der Waals surface area contributed by atoms with Gasteiger partial charge in [-0.05, 0) is 38.3 Å². The molecule has 1 aromatic rings. The Morgan fingerprint density at radius 3 is 2.23 bits per heavy atom. The predicted molar refractivity (Wildman–Crippen MR) is 88.2 cm³/mol. The van der Waals surface area contributed by atoms with Crippen molar-refractivity contribution in [1.82, 2.24) is 10.4 Å². The van der Waals surface area contributed by atoms with Gasteiger partial charge in [0.15, 0.2) is 0 Å². The van der Waals surface area contributed by atoms with Crippen LogP contribution >= 0.6 is 0 Å². The lowest BCUT2D eigenvalue weighted by Gasteiger charge is -2.30. The quantitative estimate of drug-likeness (QED) is 0.908. The van der Waals surface area contributed by atoms with E-state index >= 15 is 0 Å². The van der Waals surface area contributed by atoms with E-state index in [9.17, 15) is 4.79 Å². The summed E-state index contributed by atoms with van der Waals surface area (Å²) in [6.07, 6.45) is 0.538. The summed E-state index contributed by atoms with van der Waals surface area (Å²) in [5.74, 6) is -0.0402. The Morgan fingerprint density at radius 2 is 1.73 bits per heavy atom. The Kier molecular flexibility index (Phi) is 4.64. The molecule has 0 aliphatic carbocycles. The van der Waals surface area contributed by atoms with Crippen LogP contribution in [0.2, 0.25) is 0 Å². The third kappa shape index (κ3) is 4.08. The smallest absolute Gasteiger partial charge is 0.270 e. The zero-order chi connectivity index (χ0) is 16.5. The van der Waals surface area contributed by atoms with Crippen LogP contribution in [0.5, 0.6) is 0 Å². The van der Waals surface area contributed by atoms with E-state index in [1.807, 2.05) is 51.1 Å². The largest absolute Gasteiger partial charge is 0.351 e. The lowest BCUT2D eigenvalue weighted by Crippen LogP contribution is -2.48. The highest BCUT2D eigenvalue weighted by atomic mass is 16.5. The zero-order valence-corrected chi connectivity index (χ0v) is 14.5. The molecule has 0 unspecified atom stereocenters. The monoisotopic (exact) mass is 304 g/mol. The second-order valence-corrected chi connectivity index (χ2v) is 8.01. The summed E-state index contributed by atoms with van der Waals surface area (Å²) in [5.41, 5.74) is 3.80. The van der Waals surface area contributed by atoms with Gasteiger partial charge in [0.1, 0.15) is 6.23 Å². The average Bonchev–Trinajstić information content (AvgIpc) is 2.80. The zero-order valence-electron chi connectivity index (χ0n) is 14.5. The van der Waals surface area contributed by atoms with Gasteiger partial charge in [0.05, 0.1) is 5.60 Å². The maximum Gasteiger partial charge on any atom is 0.270 e. The molecule has 4 nitrogen and oxygen atoms in total. The van der Waals surface area contributed by atoms with Gasteiger partial charge in [-0.15, -0.1) is 0 Å². The van der Waals surface area contributed by atoms with E-state index in [0.717, 1.165) is 6.42 Å². The summed E-state index contributed by atoms with van der Waals surface area (Å²) in [6.45, 7) is 12.6. The van der Waals surface area contributed by atoms with Crippen molar-refractivity contribution >= 4 is 5.91 Å². The first-order chi connectivity index (χ1) is 10.1. The molecule has 122 valence electrons. The number of hydrogen-bond acceptors (Lipinski definition) is 3. The number of rotatable bonds is 2. The number of nitrogens with one attached hydrogen (secondary N) is 1. The molecule has 0 saturated carbocycles. The van der Waals surface area contributed by atoms with Crippen LogP contribution in [0.3, 0.4) is 0 Å². The van der Waals surface area contributed by atoms with Gasteiger partial charge in [-0.2, -0.15) is 0 Å². The Morgan fingerprint density at radius 1 is 1.14 bits per heavy atom.